The SMILES string of the molecule is NC1(c2noc(CCC3CC3)n2)CCC1. The summed E-state index contributed by atoms with van der Waals surface area (Å²) in [5.74, 6) is 2.41. The summed E-state index contributed by atoms with van der Waals surface area (Å²) < 4.78 is 5.22. The van der Waals surface area contributed by atoms with Crippen LogP contribution in [0.1, 0.15) is 50.2 Å². The Labute approximate surface area is 89.2 Å². The van der Waals surface area contributed by atoms with Crippen molar-refractivity contribution in [3.05, 3.63) is 11.7 Å². The average Bonchev–Trinajstić information content (AvgIpc) is 2.90. The maximum atomic E-state index is 6.12. The highest BCUT2D eigenvalue weighted by atomic mass is 16.5. The van der Waals surface area contributed by atoms with E-state index in [1.165, 1.54) is 25.7 Å². The molecule has 2 N–H and O–H groups in total. The first-order valence-electron chi connectivity index (χ1n) is 5.88. The third-order valence-corrected chi connectivity index (χ3v) is 3.62. The van der Waals surface area contributed by atoms with Crippen LogP contribution in [0.15, 0.2) is 4.52 Å². The van der Waals surface area contributed by atoms with Gasteiger partial charge in [-0.2, -0.15) is 4.98 Å². The Balaban J connectivity index is 1.64. The average molecular weight is 207 g/mol. The molecule has 0 bridgehead atoms. The van der Waals surface area contributed by atoms with E-state index in [0.29, 0.717) is 0 Å². The van der Waals surface area contributed by atoms with Crippen molar-refractivity contribution in [2.75, 3.05) is 0 Å². The van der Waals surface area contributed by atoms with Crippen LogP contribution in [0.4, 0.5) is 0 Å². The molecule has 1 heterocycles. The molecule has 4 heteroatoms. The summed E-state index contributed by atoms with van der Waals surface area (Å²) in [4.78, 5) is 4.40. The first kappa shape index (κ1) is 9.33. The van der Waals surface area contributed by atoms with Gasteiger partial charge in [0.2, 0.25) is 5.89 Å². The van der Waals surface area contributed by atoms with Gasteiger partial charge in [-0.25, -0.2) is 0 Å². The van der Waals surface area contributed by atoms with Gasteiger partial charge < -0.3 is 10.3 Å². The van der Waals surface area contributed by atoms with Crippen molar-refractivity contribution < 1.29 is 4.52 Å². The maximum absolute atomic E-state index is 6.12. The molecule has 0 amide bonds. The Bertz CT molecular complexity index is 352. The van der Waals surface area contributed by atoms with Crippen LogP contribution in [0.3, 0.4) is 0 Å². The molecule has 0 radical (unpaired) electrons. The lowest BCUT2D eigenvalue weighted by Gasteiger charge is -2.34. The second kappa shape index (κ2) is 3.30. The molecule has 0 saturated heterocycles. The number of nitrogens with two attached hydrogens (primary N) is 1. The molecule has 0 atom stereocenters. The fraction of sp³-hybridized carbons (Fsp3) is 0.818. The second-order valence-electron chi connectivity index (χ2n) is 5.00. The molecule has 1 aromatic rings. The largest absolute Gasteiger partial charge is 0.339 e. The van der Waals surface area contributed by atoms with E-state index in [1.807, 2.05) is 0 Å². The monoisotopic (exact) mass is 207 g/mol. The standard InChI is InChI=1S/C11H17N3O/c12-11(6-1-7-11)10-13-9(15-14-10)5-4-8-2-3-8/h8H,1-7,12H2. The summed E-state index contributed by atoms with van der Waals surface area (Å²) in [6.45, 7) is 0. The summed E-state index contributed by atoms with van der Waals surface area (Å²) >= 11 is 0. The van der Waals surface area contributed by atoms with E-state index in [9.17, 15) is 0 Å². The normalized spacial score (nSPS) is 23.8. The lowest BCUT2D eigenvalue weighted by molar-refractivity contribution is 0.229. The number of hydrogen-bond acceptors (Lipinski definition) is 4. The number of aromatic nitrogens is 2. The summed E-state index contributed by atoms with van der Waals surface area (Å²) in [5.41, 5.74) is 5.84. The zero-order chi connectivity index (χ0) is 10.3. The maximum Gasteiger partial charge on any atom is 0.226 e. The lowest BCUT2D eigenvalue weighted by atomic mass is 9.77. The highest BCUT2D eigenvalue weighted by molar-refractivity contribution is 5.08. The van der Waals surface area contributed by atoms with Crippen molar-refractivity contribution in [3.63, 3.8) is 0 Å². The van der Waals surface area contributed by atoms with Gasteiger partial charge >= 0.3 is 0 Å². The fourth-order valence-electron chi connectivity index (χ4n) is 2.07. The fourth-order valence-corrected chi connectivity index (χ4v) is 2.07. The van der Waals surface area contributed by atoms with E-state index < -0.39 is 0 Å². The number of nitrogens with zero attached hydrogens (tertiary/aromatic N) is 2. The molecule has 2 saturated carbocycles. The molecular formula is C11H17N3O. The topological polar surface area (TPSA) is 64.9 Å². The molecule has 1 aromatic heterocycles. The van der Waals surface area contributed by atoms with Gasteiger partial charge in [-0.3, -0.25) is 0 Å². The summed E-state index contributed by atoms with van der Waals surface area (Å²) in [5, 5.41) is 4.00. The van der Waals surface area contributed by atoms with Crippen molar-refractivity contribution in [1.29, 1.82) is 0 Å². The molecular weight excluding hydrogens is 190 g/mol. The van der Waals surface area contributed by atoms with Crippen molar-refractivity contribution in [3.8, 4) is 0 Å². The van der Waals surface area contributed by atoms with Gasteiger partial charge in [0.25, 0.3) is 0 Å². The molecule has 15 heavy (non-hydrogen) atoms. The van der Waals surface area contributed by atoms with Gasteiger partial charge in [-0.15, -0.1) is 0 Å². The molecule has 4 nitrogen and oxygen atoms in total. The van der Waals surface area contributed by atoms with Crippen molar-refractivity contribution in [1.82, 2.24) is 10.1 Å². The molecule has 0 unspecified atom stereocenters. The summed E-state index contributed by atoms with van der Waals surface area (Å²) in [6, 6.07) is 0. The molecule has 0 aliphatic heterocycles. The summed E-state index contributed by atoms with van der Waals surface area (Å²) in [6.07, 6.45) is 8.04. The molecule has 82 valence electrons. The van der Waals surface area contributed by atoms with E-state index in [0.717, 1.165) is 36.9 Å². The zero-order valence-electron chi connectivity index (χ0n) is 8.91. The second-order valence-corrected chi connectivity index (χ2v) is 5.00. The Kier molecular flexibility index (Phi) is 2.06. The van der Waals surface area contributed by atoms with Crippen molar-refractivity contribution >= 4 is 0 Å². The first-order valence-corrected chi connectivity index (χ1v) is 5.88. The van der Waals surface area contributed by atoms with E-state index in [2.05, 4.69) is 10.1 Å². The van der Waals surface area contributed by atoms with Crippen LogP contribution >= 0.6 is 0 Å². The predicted molar refractivity (Wildman–Crippen MR) is 55.1 cm³/mol. The third kappa shape index (κ3) is 1.78. The molecule has 0 spiro atoms. The highest BCUT2D eigenvalue weighted by Gasteiger charge is 2.39. The van der Waals surface area contributed by atoms with E-state index in [1.54, 1.807) is 0 Å². The molecule has 3 rings (SSSR count). The quantitative estimate of drug-likeness (QED) is 0.816. The van der Waals surface area contributed by atoms with Gasteiger partial charge in [0.15, 0.2) is 5.82 Å². The Morgan fingerprint density at radius 1 is 1.40 bits per heavy atom. The zero-order valence-corrected chi connectivity index (χ0v) is 8.91. The van der Waals surface area contributed by atoms with Crippen LogP contribution in [-0.4, -0.2) is 10.1 Å². The smallest absolute Gasteiger partial charge is 0.226 e. The van der Waals surface area contributed by atoms with Crippen LogP contribution < -0.4 is 5.73 Å². The van der Waals surface area contributed by atoms with Crippen LogP contribution in [-0.2, 0) is 12.0 Å². The predicted octanol–water partition coefficient (Wildman–Crippen LogP) is 1.75. The van der Waals surface area contributed by atoms with Gasteiger partial charge in [0, 0.05) is 6.42 Å². The number of hydrogen-bond donors (Lipinski definition) is 1. The highest BCUT2D eigenvalue weighted by Crippen LogP contribution is 2.37. The Morgan fingerprint density at radius 2 is 2.20 bits per heavy atom. The van der Waals surface area contributed by atoms with Gasteiger partial charge in [-0.05, 0) is 31.6 Å². The van der Waals surface area contributed by atoms with Crippen molar-refractivity contribution in [2.24, 2.45) is 11.7 Å². The van der Waals surface area contributed by atoms with Gasteiger partial charge in [0.1, 0.15) is 0 Å². The molecule has 0 aromatic carbocycles. The third-order valence-electron chi connectivity index (χ3n) is 3.62. The Hall–Kier alpha value is -0.900. The minimum absolute atomic E-state index is 0.276. The van der Waals surface area contributed by atoms with Crippen LogP contribution in [0.25, 0.3) is 0 Å². The number of rotatable bonds is 4. The van der Waals surface area contributed by atoms with Crippen LogP contribution in [0.2, 0.25) is 0 Å². The van der Waals surface area contributed by atoms with E-state index in [-0.39, 0.29) is 5.54 Å². The summed E-state index contributed by atoms with van der Waals surface area (Å²) in [7, 11) is 0. The molecule has 2 aliphatic carbocycles. The first-order chi connectivity index (χ1) is 7.26. The lowest BCUT2D eigenvalue weighted by Crippen LogP contribution is -2.44. The minimum atomic E-state index is -0.276. The van der Waals surface area contributed by atoms with E-state index in [4.69, 9.17) is 10.3 Å². The van der Waals surface area contributed by atoms with Gasteiger partial charge in [0.05, 0.1) is 5.54 Å². The van der Waals surface area contributed by atoms with E-state index >= 15 is 0 Å². The molecule has 2 aliphatic rings. The Morgan fingerprint density at radius 3 is 2.80 bits per heavy atom. The number of aryl methyl sites for hydroxylation is 1. The minimum Gasteiger partial charge on any atom is -0.339 e. The van der Waals surface area contributed by atoms with Crippen LogP contribution in [0.5, 0.6) is 0 Å². The van der Waals surface area contributed by atoms with Crippen molar-refractivity contribution in [2.45, 2.75) is 50.5 Å². The van der Waals surface area contributed by atoms with Crippen LogP contribution in [0, 0.1) is 5.92 Å². The van der Waals surface area contributed by atoms with Gasteiger partial charge in [-0.1, -0.05) is 18.0 Å². The molecule has 2 fully saturated rings.